The SMILES string of the molecule is Cn1ncc2cc(C3CCC(=O)NC3=O)ccc21. The number of hydrogen-bond donors (Lipinski definition) is 1. The summed E-state index contributed by atoms with van der Waals surface area (Å²) < 4.78 is 1.80. The summed E-state index contributed by atoms with van der Waals surface area (Å²) in [7, 11) is 1.88. The number of nitrogens with one attached hydrogen (secondary N) is 1. The number of aryl methyl sites for hydroxylation is 1. The highest BCUT2D eigenvalue weighted by Gasteiger charge is 2.27. The van der Waals surface area contributed by atoms with Gasteiger partial charge in [0.1, 0.15) is 0 Å². The van der Waals surface area contributed by atoms with Crippen molar-refractivity contribution in [3.63, 3.8) is 0 Å². The summed E-state index contributed by atoms with van der Waals surface area (Å²) in [5, 5.41) is 7.57. The molecule has 3 rings (SSSR count). The summed E-state index contributed by atoms with van der Waals surface area (Å²) in [5.41, 5.74) is 1.98. The highest BCUT2D eigenvalue weighted by atomic mass is 16.2. The molecule has 0 bridgehead atoms. The fourth-order valence-electron chi connectivity index (χ4n) is 2.41. The summed E-state index contributed by atoms with van der Waals surface area (Å²) in [4.78, 5) is 22.9. The third-order valence-corrected chi connectivity index (χ3v) is 3.41. The third kappa shape index (κ3) is 1.68. The highest BCUT2D eigenvalue weighted by Crippen LogP contribution is 2.27. The van der Waals surface area contributed by atoms with Crippen molar-refractivity contribution in [2.75, 3.05) is 0 Å². The van der Waals surface area contributed by atoms with Crippen LogP contribution in [0.1, 0.15) is 24.3 Å². The molecule has 0 saturated carbocycles. The molecule has 92 valence electrons. The molecule has 1 aromatic heterocycles. The van der Waals surface area contributed by atoms with E-state index >= 15 is 0 Å². The van der Waals surface area contributed by atoms with Crippen LogP contribution in [0.2, 0.25) is 0 Å². The zero-order chi connectivity index (χ0) is 12.7. The van der Waals surface area contributed by atoms with E-state index in [2.05, 4.69) is 10.4 Å². The molecule has 1 aromatic carbocycles. The van der Waals surface area contributed by atoms with E-state index in [-0.39, 0.29) is 17.7 Å². The van der Waals surface area contributed by atoms with Crippen LogP contribution < -0.4 is 5.32 Å². The molecule has 18 heavy (non-hydrogen) atoms. The zero-order valence-corrected chi connectivity index (χ0v) is 10.0. The summed E-state index contributed by atoms with van der Waals surface area (Å²) >= 11 is 0. The summed E-state index contributed by atoms with van der Waals surface area (Å²) in [6.45, 7) is 0. The molecule has 5 nitrogen and oxygen atoms in total. The Morgan fingerprint density at radius 3 is 3.00 bits per heavy atom. The Labute approximate surface area is 104 Å². The normalized spacial score (nSPS) is 20.2. The zero-order valence-electron chi connectivity index (χ0n) is 10.0. The Balaban J connectivity index is 1.99. The Bertz CT molecular complexity index is 645. The molecule has 2 heterocycles. The lowest BCUT2D eigenvalue weighted by Gasteiger charge is -2.21. The summed E-state index contributed by atoms with van der Waals surface area (Å²) in [5.74, 6) is -0.611. The lowest BCUT2D eigenvalue weighted by molar-refractivity contribution is -0.134. The van der Waals surface area contributed by atoms with Gasteiger partial charge in [-0.05, 0) is 24.1 Å². The maximum atomic E-state index is 11.8. The fraction of sp³-hybridized carbons (Fsp3) is 0.308. The average molecular weight is 243 g/mol. The van der Waals surface area contributed by atoms with Crippen LogP contribution >= 0.6 is 0 Å². The van der Waals surface area contributed by atoms with Crippen LogP contribution in [0.15, 0.2) is 24.4 Å². The lowest BCUT2D eigenvalue weighted by Crippen LogP contribution is -2.39. The van der Waals surface area contributed by atoms with Crippen LogP contribution in [0.3, 0.4) is 0 Å². The van der Waals surface area contributed by atoms with E-state index in [9.17, 15) is 9.59 Å². The number of fused-ring (bicyclic) bond motifs is 1. The first-order valence-electron chi connectivity index (χ1n) is 5.90. The second-order valence-electron chi connectivity index (χ2n) is 4.59. The maximum absolute atomic E-state index is 11.8. The lowest BCUT2D eigenvalue weighted by atomic mass is 9.90. The third-order valence-electron chi connectivity index (χ3n) is 3.41. The average Bonchev–Trinajstić information content (AvgIpc) is 2.71. The minimum atomic E-state index is -0.229. The number of rotatable bonds is 1. The van der Waals surface area contributed by atoms with Gasteiger partial charge in [-0.3, -0.25) is 19.6 Å². The van der Waals surface area contributed by atoms with Crippen molar-refractivity contribution in [2.45, 2.75) is 18.8 Å². The Kier molecular flexibility index (Phi) is 2.40. The molecule has 0 radical (unpaired) electrons. The van der Waals surface area contributed by atoms with Gasteiger partial charge in [-0.15, -0.1) is 0 Å². The molecular weight excluding hydrogens is 230 g/mol. The van der Waals surface area contributed by atoms with Crippen LogP contribution in [0.4, 0.5) is 0 Å². The van der Waals surface area contributed by atoms with Gasteiger partial charge >= 0.3 is 0 Å². The van der Waals surface area contributed by atoms with Crippen LogP contribution in [0, 0.1) is 0 Å². The van der Waals surface area contributed by atoms with Crippen molar-refractivity contribution >= 4 is 22.7 Å². The molecule has 0 spiro atoms. The molecule has 5 heteroatoms. The van der Waals surface area contributed by atoms with E-state index < -0.39 is 0 Å². The number of nitrogens with zero attached hydrogens (tertiary/aromatic N) is 2. The fourth-order valence-corrected chi connectivity index (χ4v) is 2.41. The van der Waals surface area contributed by atoms with Gasteiger partial charge in [0.15, 0.2) is 0 Å². The number of aromatic nitrogens is 2. The molecule has 1 N–H and O–H groups in total. The molecule has 1 saturated heterocycles. The van der Waals surface area contributed by atoms with E-state index in [0.29, 0.717) is 12.8 Å². The predicted molar refractivity (Wildman–Crippen MR) is 65.8 cm³/mol. The number of hydrogen-bond acceptors (Lipinski definition) is 3. The highest BCUT2D eigenvalue weighted by molar-refractivity contribution is 6.01. The first-order chi connectivity index (χ1) is 8.65. The number of imide groups is 1. The number of benzene rings is 1. The van der Waals surface area contributed by atoms with Gasteiger partial charge in [-0.2, -0.15) is 5.10 Å². The van der Waals surface area contributed by atoms with Crippen molar-refractivity contribution in [3.8, 4) is 0 Å². The summed E-state index contributed by atoms with van der Waals surface area (Å²) in [6.07, 6.45) is 2.77. The van der Waals surface area contributed by atoms with E-state index in [1.54, 1.807) is 10.9 Å². The number of carbonyl (C=O) groups excluding carboxylic acids is 2. The van der Waals surface area contributed by atoms with E-state index in [0.717, 1.165) is 16.5 Å². The first kappa shape index (κ1) is 11.0. The number of carbonyl (C=O) groups is 2. The molecule has 1 atom stereocenters. The van der Waals surface area contributed by atoms with Crippen LogP contribution in [0.25, 0.3) is 10.9 Å². The second kappa shape index (κ2) is 3.94. The Morgan fingerprint density at radius 1 is 1.39 bits per heavy atom. The molecule has 1 fully saturated rings. The molecule has 2 aromatic rings. The van der Waals surface area contributed by atoms with Crippen LogP contribution in [-0.4, -0.2) is 21.6 Å². The van der Waals surface area contributed by atoms with Gasteiger partial charge in [0.2, 0.25) is 11.8 Å². The topological polar surface area (TPSA) is 64.0 Å². The molecule has 0 aliphatic carbocycles. The van der Waals surface area contributed by atoms with Crippen molar-refractivity contribution in [1.29, 1.82) is 0 Å². The van der Waals surface area contributed by atoms with E-state index in [1.165, 1.54) is 0 Å². The quantitative estimate of drug-likeness (QED) is 0.763. The number of piperidine rings is 1. The van der Waals surface area contributed by atoms with Gasteiger partial charge in [0.05, 0.1) is 17.6 Å². The van der Waals surface area contributed by atoms with Crippen LogP contribution in [0.5, 0.6) is 0 Å². The van der Waals surface area contributed by atoms with Crippen molar-refractivity contribution in [2.24, 2.45) is 7.05 Å². The monoisotopic (exact) mass is 243 g/mol. The van der Waals surface area contributed by atoms with Gasteiger partial charge in [0, 0.05) is 18.9 Å². The summed E-state index contributed by atoms with van der Waals surface area (Å²) in [6, 6.07) is 5.87. The predicted octanol–water partition coefficient (Wildman–Crippen LogP) is 1.09. The van der Waals surface area contributed by atoms with Gasteiger partial charge in [-0.25, -0.2) is 0 Å². The standard InChI is InChI=1S/C13H13N3O2/c1-16-11-4-2-8(6-9(11)7-14-16)10-3-5-12(17)15-13(10)18/h2,4,6-7,10H,3,5H2,1H3,(H,15,17,18). The molecular formula is C13H13N3O2. The maximum Gasteiger partial charge on any atom is 0.234 e. The minimum absolute atomic E-state index is 0.182. The Morgan fingerprint density at radius 2 is 2.22 bits per heavy atom. The molecule has 1 unspecified atom stereocenters. The van der Waals surface area contributed by atoms with Crippen molar-refractivity contribution < 1.29 is 9.59 Å². The van der Waals surface area contributed by atoms with Gasteiger partial charge in [0.25, 0.3) is 0 Å². The van der Waals surface area contributed by atoms with E-state index in [4.69, 9.17) is 0 Å². The smallest absolute Gasteiger partial charge is 0.234 e. The van der Waals surface area contributed by atoms with Crippen molar-refractivity contribution in [3.05, 3.63) is 30.0 Å². The van der Waals surface area contributed by atoms with Crippen molar-refractivity contribution in [1.82, 2.24) is 15.1 Å². The molecule has 2 amide bonds. The van der Waals surface area contributed by atoms with Crippen LogP contribution in [-0.2, 0) is 16.6 Å². The number of amides is 2. The molecule has 1 aliphatic rings. The first-order valence-corrected chi connectivity index (χ1v) is 5.90. The van der Waals surface area contributed by atoms with E-state index in [1.807, 2.05) is 25.2 Å². The molecule has 1 aliphatic heterocycles. The largest absolute Gasteiger partial charge is 0.296 e. The minimum Gasteiger partial charge on any atom is -0.296 e. The second-order valence-corrected chi connectivity index (χ2v) is 4.59. The van der Waals surface area contributed by atoms with Gasteiger partial charge < -0.3 is 0 Å². The Hall–Kier alpha value is -2.17. The van der Waals surface area contributed by atoms with Gasteiger partial charge in [-0.1, -0.05) is 6.07 Å².